The molecule has 0 radical (unpaired) electrons. The van der Waals surface area contributed by atoms with Crippen LogP contribution in [0, 0.1) is 5.41 Å². The Hall–Kier alpha value is -2.44. The van der Waals surface area contributed by atoms with Gasteiger partial charge in [-0.3, -0.25) is 10.2 Å². The molecule has 6 heteroatoms. The first kappa shape index (κ1) is 16.1. The molecule has 25 heavy (non-hydrogen) atoms. The molecule has 2 aromatic carbocycles. The number of thioether (sulfide) groups is 1. The van der Waals surface area contributed by atoms with Crippen molar-refractivity contribution >= 4 is 39.3 Å². The summed E-state index contributed by atoms with van der Waals surface area (Å²) in [7, 11) is 0. The fourth-order valence-corrected chi connectivity index (χ4v) is 4.75. The molecule has 3 aromatic rings. The molecule has 0 bridgehead atoms. The summed E-state index contributed by atoms with van der Waals surface area (Å²) in [4.78, 5) is 19.7. The quantitative estimate of drug-likeness (QED) is 0.741. The summed E-state index contributed by atoms with van der Waals surface area (Å²) in [5, 5.41) is 8.66. The standard InChI is InChI=1S/C19H15N3OS2/c20-18-22(17(23)16(25-18)14-9-5-2-6-10-14)19-21-12-15(24-19)11-13-7-3-1-4-8-13/h1-10,12,16,20H,11H2/t16-/m1/s1. The van der Waals surface area contributed by atoms with Gasteiger partial charge >= 0.3 is 0 Å². The molecule has 0 saturated carbocycles. The molecular weight excluding hydrogens is 350 g/mol. The molecule has 1 aliphatic heterocycles. The average Bonchev–Trinajstić information content (AvgIpc) is 3.20. The van der Waals surface area contributed by atoms with Crippen LogP contribution in [0.25, 0.3) is 0 Å². The van der Waals surface area contributed by atoms with E-state index in [1.165, 1.54) is 33.6 Å². The van der Waals surface area contributed by atoms with Gasteiger partial charge in [-0.1, -0.05) is 72.4 Å². The molecule has 1 saturated heterocycles. The molecule has 1 fully saturated rings. The number of anilines is 1. The van der Waals surface area contributed by atoms with E-state index in [4.69, 9.17) is 5.41 Å². The third-order valence-corrected chi connectivity index (χ3v) is 6.03. The van der Waals surface area contributed by atoms with E-state index in [1.54, 1.807) is 6.20 Å². The average molecular weight is 365 g/mol. The highest BCUT2D eigenvalue weighted by Gasteiger charge is 2.40. The number of nitrogens with one attached hydrogen (secondary N) is 1. The maximum absolute atomic E-state index is 12.8. The van der Waals surface area contributed by atoms with Crippen LogP contribution in [0.2, 0.25) is 0 Å². The number of hydrogen-bond donors (Lipinski definition) is 1. The Morgan fingerprint density at radius 1 is 1.04 bits per heavy atom. The molecule has 1 atom stereocenters. The number of nitrogens with zero attached hydrogens (tertiary/aromatic N) is 2. The van der Waals surface area contributed by atoms with Crippen LogP contribution >= 0.6 is 23.1 Å². The Morgan fingerprint density at radius 2 is 1.72 bits per heavy atom. The first-order chi connectivity index (χ1) is 12.2. The summed E-state index contributed by atoms with van der Waals surface area (Å²) in [5.74, 6) is -0.0955. The summed E-state index contributed by atoms with van der Waals surface area (Å²) in [6, 6.07) is 19.8. The van der Waals surface area contributed by atoms with Crippen LogP contribution in [0.3, 0.4) is 0 Å². The largest absolute Gasteiger partial charge is 0.278 e. The number of amidine groups is 1. The first-order valence-corrected chi connectivity index (χ1v) is 9.55. The number of hydrogen-bond acceptors (Lipinski definition) is 5. The minimum atomic E-state index is -0.366. The molecule has 124 valence electrons. The zero-order valence-electron chi connectivity index (χ0n) is 13.3. The number of thiazole rings is 1. The van der Waals surface area contributed by atoms with Crippen molar-refractivity contribution < 1.29 is 4.79 Å². The summed E-state index contributed by atoms with van der Waals surface area (Å²) in [5.41, 5.74) is 2.13. The van der Waals surface area contributed by atoms with Crippen molar-refractivity contribution in [3.63, 3.8) is 0 Å². The van der Waals surface area contributed by atoms with Crippen molar-refractivity contribution in [2.24, 2.45) is 0 Å². The second-order valence-electron chi connectivity index (χ2n) is 5.66. The van der Waals surface area contributed by atoms with E-state index in [0.29, 0.717) is 5.13 Å². The molecule has 1 aromatic heterocycles. The SMILES string of the molecule is N=C1S[C@H](c2ccccc2)C(=O)N1c1ncc(Cc2ccccc2)s1. The van der Waals surface area contributed by atoms with E-state index in [2.05, 4.69) is 17.1 Å². The molecule has 1 N–H and O–H groups in total. The van der Waals surface area contributed by atoms with Gasteiger partial charge in [0.05, 0.1) is 0 Å². The predicted octanol–water partition coefficient (Wildman–Crippen LogP) is 4.49. The van der Waals surface area contributed by atoms with Gasteiger partial charge < -0.3 is 0 Å². The van der Waals surface area contributed by atoms with Crippen LogP contribution in [0.4, 0.5) is 5.13 Å². The highest BCUT2D eigenvalue weighted by atomic mass is 32.2. The lowest BCUT2D eigenvalue weighted by Gasteiger charge is -2.11. The van der Waals surface area contributed by atoms with Crippen molar-refractivity contribution in [2.45, 2.75) is 11.7 Å². The number of carbonyl (C=O) groups is 1. The summed E-state index contributed by atoms with van der Waals surface area (Å²) in [6.45, 7) is 0. The molecule has 1 aliphatic rings. The number of benzene rings is 2. The third-order valence-electron chi connectivity index (χ3n) is 3.93. The molecule has 0 aliphatic carbocycles. The molecule has 0 unspecified atom stereocenters. The molecule has 4 nitrogen and oxygen atoms in total. The molecule has 4 rings (SSSR count). The molecule has 2 heterocycles. The van der Waals surface area contributed by atoms with E-state index in [1.807, 2.05) is 48.5 Å². The van der Waals surface area contributed by atoms with Crippen molar-refractivity contribution in [3.8, 4) is 0 Å². The van der Waals surface area contributed by atoms with Crippen LogP contribution in [0.1, 0.15) is 21.3 Å². The zero-order valence-corrected chi connectivity index (χ0v) is 14.9. The molecule has 0 spiro atoms. The first-order valence-electron chi connectivity index (χ1n) is 7.85. The van der Waals surface area contributed by atoms with Crippen molar-refractivity contribution in [2.75, 3.05) is 4.90 Å². The molecular formula is C19H15N3OS2. The van der Waals surface area contributed by atoms with Crippen LogP contribution in [0.15, 0.2) is 66.9 Å². The highest BCUT2D eigenvalue weighted by Crippen LogP contribution is 2.42. The van der Waals surface area contributed by atoms with Crippen LogP contribution in [-0.4, -0.2) is 16.1 Å². The lowest BCUT2D eigenvalue weighted by atomic mass is 10.1. The minimum Gasteiger partial charge on any atom is -0.278 e. The van der Waals surface area contributed by atoms with E-state index < -0.39 is 0 Å². The summed E-state index contributed by atoms with van der Waals surface area (Å²) in [6.07, 6.45) is 2.58. The smallest absolute Gasteiger partial charge is 0.253 e. The van der Waals surface area contributed by atoms with Gasteiger partial charge in [0.15, 0.2) is 10.3 Å². The Bertz CT molecular complexity index is 909. The summed E-state index contributed by atoms with van der Waals surface area (Å²) >= 11 is 2.74. The van der Waals surface area contributed by atoms with Gasteiger partial charge in [0, 0.05) is 17.5 Å². The summed E-state index contributed by atoms with van der Waals surface area (Å²) < 4.78 is 0. The third kappa shape index (κ3) is 3.23. The number of carbonyl (C=O) groups excluding carboxylic acids is 1. The number of rotatable bonds is 4. The lowest BCUT2D eigenvalue weighted by Crippen LogP contribution is -2.29. The minimum absolute atomic E-state index is 0.0955. The number of aromatic nitrogens is 1. The lowest BCUT2D eigenvalue weighted by molar-refractivity contribution is -0.117. The highest BCUT2D eigenvalue weighted by molar-refractivity contribution is 8.15. The Labute approximate surface area is 154 Å². The second-order valence-corrected chi connectivity index (χ2v) is 7.85. The van der Waals surface area contributed by atoms with Crippen LogP contribution in [-0.2, 0) is 11.2 Å². The zero-order chi connectivity index (χ0) is 17.2. The second kappa shape index (κ2) is 6.82. The predicted molar refractivity (Wildman–Crippen MR) is 103 cm³/mol. The molecule has 1 amide bonds. The van der Waals surface area contributed by atoms with E-state index in [9.17, 15) is 4.79 Å². The maximum Gasteiger partial charge on any atom is 0.253 e. The maximum atomic E-state index is 12.8. The van der Waals surface area contributed by atoms with Crippen molar-refractivity contribution in [1.82, 2.24) is 4.98 Å². The van der Waals surface area contributed by atoms with Gasteiger partial charge in [0.1, 0.15) is 5.25 Å². The van der Waals surface area contributed by atoms with Gasteiger partial charge in [0.2, 0.25) is 0 Å². The normalized spacial score (nSPS) is 17.3. The van der Waals surface area contributed by atoms with Crippen LogP contribution in [0.5, 0.6) is 0 Å². The monoisotopic (exact) mass is 365 g/mol. The van der Waals surface area contributed by atoms with Crippen molar-refractivity contribution in [3.05, 3.63) is 82.9 Å². The van der Waals surface area contributed by atoms with Gasteiger partial charge in [-0.05, 0) is 11.1 Å². The van der Waals surface area contributed by atoms with E-state index in [-0.39, 0.29) is 16.3 Å². The number of amides is 1. The Morgan fingerprint density at radius 3 is 2.44 bits per heavy atom. The Balaban J connectivity index is 1.56. The fourth-order valence-electron chi connectivity index (χ4n) is 2.73. The fraction of sp³-hybridized carbons (Fsp3) is 0.105. The van der Waals surface area contributed by atoms with Gasteiger partial charge in [-0.2, -0.15) is 0 Å². The topological polar surface area (TPSA) is 57.1 Å². The van der Waals surface area contributed by atoms with Gasteiger partial charge in [-0.15, -0.1) is 11.3 Å². The Kier molecular flexibility index (Phi) is 4.38. The van der Waals surface area contributed by atoms with Crippen LogP contribution < -0.4 is 4.90 Å². The van der Waals surface area contributed by atoms with Gasteiger partial charge in [0.25, 0.3) is 5.91 Å². The van der Waals surface area contributed by atoms with E-state index >= 15 is 0 Å². The van der Waals surface area contributed by atoms with E-state index in [0.717, 1.165) is 16.9 Å². The van der Waals surface area contributed by atoms with Gasteiger partial charge in [-0.25, -0.2) is 9.88 Å². The van der Waals surface area contributed by atoms with Crippen molar-refractivity contribution in [1.29, 1.82) is 5.41 Å².